The highest BCUT2D eigenvalue weighted by Gasteiger charge is 2.22. The van der Waals surface area contributed by atoms with Crippen LogP contribution in [0.3, 0.4) is 0 Å². The predicted molar refractivity (Wildman–Crippen MR) is 104 cm³/mol. The quantitative estimate of drug-likeness (QED) is 0.605. The second-order valence-corrected chi connectivity index (χ2v) is 7.74. The Morgan fingerprint density at radius 1 is 1.50 bits per heavy atom. The first kappa shape index (κ1) is 19.2. The number of rotatable bonds is 7. The van der Waals surface area contributed by atoms with E-state index >= 15 is 0 Å². The van der Waals surface area contributed by atoms with Crippen LogP contribution < -0.4 is 5.32 Å². The highest BCUT2D eigenvalue weighted by molar-refractivity contribution is 7.09. The predicted octanol–water partition coefficient (Wildman–Crippen LogP) is 3.11. The van der Waals surface area contributed by atoms with E-state index in [2.05, 4.69) is 51.4 Å². The average Bonchev–Trinajstić information content (AvgIpc) is 2.99. The molecule has 24 heavy (non-hydrogen) atoms. The second-order valence-electron chi connectivity index (χ2n) is 6.68. The van der Waals surface area contributed by atoms with Crippen LogP contribution >= 0.6 is 11.3 Å². The highest BCUT2D eigenvalue weighted by atomic mass is 32.1. The number of guanidine groups is 1. The third-order valence-electron chi connectivity index (χ3n) is 4.68. The summed E-state index contributed by atoms with van der Waals surface area (Å²) in [5.74, 6) is 0.960. The van der Waals surface area contributed by atoms with Gasteiger partial charge in [-0.3, -0.25) is 9.89 Å². The largest absolute Gasteiger partial charge is 0.355 e. The fourth-order valence-corrected chi connectivity index (χ4v) is 3.94. The lowest BCUT2D eigenvalue weighted by molar-refractivity contribution is 0.146. The number of hydrogen-bond donors (Lipinski definition) is 1. The van der Waals surface area contributed by atoms with Gasteiger partial charge in [-0.05, 0) is 39.3 Å². The second kappa shape index (κ2) is 9.99. The minimum absolute atomic E-state index is 0.636. The third kappa shape index (κ3) is 5.74. The van der Waals surface area contributed by atoms with E-state index in [4.69, 9.17) is 0 Å². The summed E-state index contributed by atoms with van der Waals surface area (Å²) in [5, 5.41) is 6.83. The van der Waals surface area contributed by atoms with Gasteiger partial charge in [0.1, 0.15) is 0 Å². The lowest BCUT2D eigenvalue weighted by atomic mass is 10.0. The molecule has 0 spiro atoms. The monoisotopic (exact) mass is 351 g/mol. The normalized spacial score (nSPS) is 19.5. The van der Waals surface area contributed by atoms with Gasteiger partial charge >= 0.3 is 0 Å². The van der Waals surface area contributed by atoms with Crippen molar-refractivity contribution < 1.29 is 0 Å². The number of unbranched alkanes of at least 4 members (excludes halogenated alkanes) is 1. The molecule has 0 bridgehead atoms. The van der Waals surface area contributed by atoms with Crippen molar-refractivity contribution in [1.82, 2.24) is 20.1 Å². The van der Waals surface area contributed by atoms with E-state index in [-0.39, 0.29) is 0 Å². The van der Waals surface area contributed by atoms with Crippen molar-refractivity contribution in [3.8, 4) is 0 Å². The van der Waals surface area contributed by atoms with Gasteiger partial charge in [0, 0.05) is 32.1 Å². The molecule has 1 unspecified atom stereocenters. The number of piperidine rings is 1. The summed E-state index contributed by atoms with van der Waals surface area (Å²) >= 11 is 1.70. The minimum atomic E-state index is 0.636. The van der Waals surface area contributed by atoms with Gasteiger partial charge in [-0.2, -0.15) is 0 Å². The van der Waals surface area contributed by atoms with Gasteiger partial charge in [0.05, 0.1) is 17.2 Å². The summed E-state index contributed by atoms with van der Waals surface area (Å²) in [5.41, 5.74) is 1.12. The zero-order valence-electron chi connectivity index (χ0n) is 15.7. The van der Waals surface area contributed by atoms with E-state index in [1.807, 2.05) is 7.05 Å². The number of aliphatic imine (C=N–C) groups is 1. The van der Waals surface area contributed by atoms with Gasteiger partial charge in [0.15, 0.2) is 5.96 Å². The van der Waals surface area contributed by atoms with Gasteiger partial charge < -0.3 is 10.2 Å². The van der Waals surface area contributed by atoms with Crippen LogP contribution in [0.4, 0.5) is 0 Å². The van der Waals surface area contributed by atoms with E-state index in [9.17, 15) is 0 Å². The van der Waals surface area contributed by atoms with Gasteiger partial charge in [-0.25, -0.2) is 4.98 Å². The molecule has 1 saturated heterocycles. The Labute approximate surface area is 151 Å². The van der Waals surface area contributed by atoms with Gasteiger partial charge in [0.2, 0.25) is 0 Å². The summed E-state index contributed by atoms with van der Waals surface area (Å²) in [4.78, 5) is 13.8. The smallest absolute Gasteiger partial charge is 0.193 e. The number of nitrogens with zero attached hydrogens (tertiary/aromatic N) is 4. The van der Waals surface area contributed by atoms with E-state index in [0.717, 1.165) is 29.8 Å². The van der Waals surface area contributed by atoms with Crippen molar-refractivity contribution in [3.05, 3.63) is 16.1 Å². The molecule has 1 aromatic heterocycles. The first-order valence-electron chi connectivity index (χ1n) is 9.20. The van der Waals surface area contributed by atoms with Crippen LogP contribution in [0.15, 0.2) is 10.4 Å². The number of nitrogens with one attached hydrogen (secondary N) is 1. The van der Waals surface area contributed by atoms with E-state index in [1.54, 1.807) is 11.3 Å². The van der Waals surface area contributed by atoms with Gasteiger partial charge in [0.25, 0.3) is 0 Å². The fraction of sp³-hybridized carbons (Fsp3) is 0.778. The molecule has 6 heteroatoms. The molecule has 0 radical (unpaired) electrons. The third-order valence-corrected chi connectivity index (χ3v) is 5.51. The van der Waals surface area contributed by atoms with Crippen molar-refractivity contribution in [2.45, 2.75) is 58.5 Å². The van der Waals surface area contributed by atoms with Crippen molar-refractivity contribution in [2.75, 3.05) is 33.7 Å². The van der Waals surface area contributed by atoms with Crippen molar-refractivity contribution in [3.63, 3.8) is 0 Å². The molecule has 2 heterocycles. The van der Waals surface area contributed by atoms with E-state index in [0.29, 0.717) is 6.04 Å². The molecular weight excluding hydrogens is 318 g/mol. The Bertz CT molecular complexity index is 513. The fourth-order valence-electron chi connectivity index (χ4n) is 3.34. The highest BCUT2D eigenvalue weighted by Crippen LogP contribution is 2.17. The van der Waals surface area contributed by atoms with Crippen LogP contribution in [0.25, 0.3) is 0 Å². The molecule has 0 amide bonds. The molecule has 2 rings (SSSR count). The molecule has 1 aliphatic rings. The number of thiazole rings is 1. The Kier molecular flexibility index (Phi) is 7.99. The Hall–Kier alpha value is -1.14. The van der Waals surface area contributed by atoms with Crippen molar-refractivity contribution in [2.24, 2.45) is 4.99 Å². The molecule has 1 aliphatic heterocycles. The summed E-state index contributed by atoms with van der Waals surface area (Å²) < 4.78 is 0. The molecule has 1 N–H and O–H groups in total. The molecule has 1 fully saturated rings. The van der Waals surface area contributed by atoms with Crippen molar-refractivity contribution in [1.29, 1.82) is 0 Å². The Morgan fingerprint density at radius 3 is 3.00 bits per heavy atom. The molecule has 5 nitrogen and oxygen atoms in total. The molecule has 136 valence electrons. The van der Waals surface area contributed by atoms with Gasteiger partial charge in [-0.1, -0.05) is 19.8 Å². The molecule has 0 aliphatic carbocycles. The van der Waals surface area contributed by atoms with Crippen LogP contribution in [0.2, 0.25) is 0 Å². The van der Waals surface area contributed by atoms with Crippen LogP contribution in [0.5, 0.6) is 0 Å². The van der Waals surface area contributed by atoms with Gasteiger partial charge in [-0.15, -0.1) is 11.3 Å². The molecule has 1 atom stereocenters. The zero-order valence-corrected chi connectivity index (χ0v) is 16.5. The molecular formula is C18H33N5S. The maximum atomic E-state index is 4.55. The number of aryl methyl sites for hydroxylation is 1. The lowest BCUT2D eigenvalue weighted by Crippen LogP contribution is -2.49. The van der Waals surface area contributed by atoms with Crippen molar-refractivity contribution >= 4 is 17.3 Å². The summed E-state index contributed by atoms with van der Waals surface area (Å²) in [6, 6.07) is 0.636. The Morgan fingerprint density at radius 2 is 2.33 bits per heavy atom. The minimum Gasteiger partial charge on any atom is -0.355 e. The first-order valence-corrected chi connectivity index (χ1v) is 10.1. The topological polar surface area (TPSA) is 43.8 Å². The summed E-state index contributed by atoms with van der Waals surface area (Å²) in [7, 11) is 3.95. The average molecular weight is 352 g/mol. The van der Waals surface area contributed by atoms with Crippen LogP contribution in [0, 0.1) is 6.92 Å². The molecule has 0 saturated carbocycles. The Balaban J connectivity index is 1.85. The molecule has 0 aromatic carbocycles. The number of likely N-dealkylation sites (tertiary alicyclic amines) is 1. The van der Waals surface area contributed by atoms with Crippen LogP contribution in [-0.2, 0) is 6.54 Å². The van der Waals surface area contributed by atoms with Crippen LogP contribution in [0.1, 0.15) is 49.7 Å². The maximum Gasteiger partial charge on any atom is 0.193 e. The lowest BCUT2D eigenvalue weighted by Gasteiger charge is -2.36. The van der Waals surface area contributed by atoms with E-state index < -0.39 is 0 Å². The standard InChI is InChI=1S/C18H33N5S/c1-5-6-10-23-11-8-7-9-17(23)12-20-18(19-3)22(4)13-16-14-24-15(2)21-16/h14,17H,5-13H2,1-4H3,(H,19,20). The summed E-state index contributed by atoms with van der Waals surface area (Å²) in [6.07, 6.45) is 6.56. The van der Waals surface area contributed by atoms with Crippen LogP contribution in [-0.4, -0.2) is 60.5 Å². The van der Waals surface area contributed by atoms with E-state index in [1.165, 1.54) is 45.2 Å². The number of hydrogen-bond acceptors (Lipinski definition) is 4. The first-order chi connectivity index (χ1) is 11.6. The SMILES string of the molecule is CCCCN1CCCCC1CNC(=NC)N(C)Cc1csc(C)n1. The zero-order chi connectivity index (χ0) is 17.4. The summed E-state index contributed by atoms with van der Waals surface area (Å²) in [6.45, 7) is 8.59. The maximum absolute atomic E-state index is 4.55. The molecule has 1 aromatic rings. The number of aromatic nitrogens is 1.